The minimum Gasteiger partial charge on any atom is -0.481 e. The summed E-state index contributed by atoms with van der Waals surface area (Å²) in [6.07, 6.45) is 1.18. The van der Waals surface area contributed by atoms with Gasteiger partial charge in [0.2, 0.25) is 0 Å². The number of aliphatic carboxylic acids is 1. The molecule has 0 radical (unpaired) electrons. The second kappa shape index (κ2) is 7.71. The molecule has 3 aromatic rings. The third-order valence-corrected chi connectivity index (χ3v) is 7.75. The second-order valence-electron chi connectivity index (χ2n) is 7.61. The lowest BCUT2D eigenvalue weighted by Gasteiger charge is -2.17. The summed E-state index contributed by atoms with van der Waals surface area (Å²) in [7, 11) is -3.70. The number of carbonyl (C=O) groups is 1. The van der Waals surface area contributed by atoms with Crippen LogP contribution in [0.1, 0.15) is 42.5 Å². The number of hydrogen-bond donors (Lipinski definition) is 1. The summed E-state index contributed by atoms with van der Waals surface area (Å²) in [5, 5.41) is 10.5. The Hall–Kier alpha value is -2.38. The van der Waals surface area contributed by atoms with Gasteiger partial charge >= 0.3 is 5.97 Å². The van der Waals surface area contributed by atoms with Crippen molar-refractivity contribution in [3.05, 3.63) is 64.1 Å². The van der Waals surface area contributed by atoms with E-state index in [4.69, 9.17) is 11.6 Å². The molecule has 0 spiro atoms. The van der Waals surface area contributed by atoms with Gasteiger partial charge in [0.25, 0.3) is 0 Å². The van der Waals surface area contributed by atoms with Crippen LogP contribution in [0.3, 0.4) is 0 Å². The van der Waals surface area contributed by atoms with Crippen molar-refractivity contribution in [2.24, 2.45) is 0 Å². The summed E-state index contributed by atoms with van der Waals surface area (Å²) in [4.78, 5) is 11.4. The minimum absolute atomic E-state index is 0.0440. The molecule has 1 atom stereocenters. The highest BCUT2D eigenvalue weighted by Gasteiger charge is 2.34. The SMILES string of the molecule is CCS(=O)(=O)c1cc(F)cc2c3c(n(Cc4ccc(Cl)cc4)c12)[C@@H](CC(=O)O)CC3. The number of rotatable bonds is 6. The van der Waals surface area contributed by atoms with Crippen molar-refractivity contribution in [3.8, 4) is 0 Å². The van der Waals surface area contributed by atoms with Gasteiger partial charge < -0.3 is 9.67 Å². The van der Waals surface area contributed by atoms with Gasteiger partial charge in [0.05, 0.1) is 22.6 Å². The summed E-state index contributed by atoms with van der Waals surface area (Å²) in [6, 6.07) is 9.63. The van der Waals surface area contributed by atoms with Crippen LogP contribution >= 0.6 is 11.6 Å². The fourth-order valence-electron chi connectivity index (χ4n) is 4.43. The largest absolute Gasteiger partial charge is 0.481 e. The standard InChI is InChI=1S/C22H21ClFNO4S/c1-2-30(28,29)19-11-16(24)10-18-17-8-5-14(9-20(26)27)21(17)25(22(18)19)12-13-3-6-15(23)7-4-13/h3-4,6-7,10-11,14H,2,5,8-9,12H2,1H3,(H,26,27)/t14-/m1/s1. The molecule has 4 rings (SSSR count). The second-order valence-corrected chi connectivity index (χ2v) is 10.3. The van der Waals surface area contributed by atoms with Crippen molar-refractivity contribution in [2.75, 3.05) is 5.75 Å². The van der Waals surface area contributed by atoms with Crippen LogP contribution in [0.2, 0.25) is 5.02 Å². The van der Waals surface area contributed by atoms with E-state index in [0.717, 1.165) is 22.9 Å². The van der Waals surface area contributed by atoms with Gasteiger partial charge in [-0.05, 0) is 48.2 Å². The summed E-state index contributed by atoms with van der Waals surface area (Å²) in [5.74, 6) is -1.93. The molecule has 30 heavy (non-hydrogen) atoms. The van der Waals surface area contributed by atoms with Gasteiger partial charge in [-0.15, -0.1) is 0 Å². The van der Waals surface area contributed by atoms with Crippen molar-refractivity contribution in [1.29, 1.82) is 0 Å². The van der Waals surface area contributed by atoms with Crippen LogP contribution in [0.4, 0.5) is 4.39 Å². The zero-order valence-corrected chi connectivity index (χ0v) is 17.9. The zero-order valence-electron chi connectivity index (χ0n) is 16.4. The highest BCUT2D eigenvalue weighted by molar-refractivity contribution is 7.91. The summed E-state index contributed by atoms with van der Waals surface area (Å²) >= 11 is 5.99. The van der Waals surface area contributed by atoms with Crippen molar-refractivity contribution in [2.45, 2.75) is 43.5 Å². The Balaban J connectivity index is 2.02. The van der Waals surface area contributed by atoms with E-state index < -0.39 is 21.6 Å². The molecule has 0 amide bonds. The molecule has 1 aliphatic rings. The van der Waals surface area contributed by atoms with Crippen LogP contribution in [-0.4, -0.2) is 29.8 Å². The highest BCUT2D eigenvalue weighted by Crippen LogP contribution is 2.44. The smallest absolute Gasteiger partial charge is 0.304 e. The molecule has 8 heteroatoms. The molecular weight excluding hydrogens is 429 g/mol. The molecule has 5 nitrogen and oxygen atoms in total. The number of benzene rings is 2. The molecular formula is C22H21ClFNO4S. The lowest BCUT2D eigenvalue weighted by Crippen LogP contribution is -2.13. The van der Waals surface area contributed by atoms with E-state index >= 15 is 0 Å². The van der Waals surface area contributed by atoms with Crippen LogP contribution in [0.5, 0.6) is 0 Å². The van der Waals surface area contributed by atoms with Gasteiger partial charge in [-0.2, -0.15) is 0 Å². The first-order chi connectivity index (χ1) is 14.2. The highest BCUT2D eigenvalue weighted by atomic mass is 35.5. The molecule has 0 saturated carbocycles. The number of sulfone groups is 1. The Kier molecular flexibility index (Phi) is 5.36. The topological polar surface area (TPSA) is 76.4 Å². The van der Waals surface area contributed by atoms with Crippen LogP contribution in [0, 0.1) is 5.82 Å². The van der Waals surface area contributed by atoms with Crippen LogP contribution in [0.15, 0.2) is 41.3 Å². The average Bonchev–Trinajstić information content (AvgIpc) is 3.22. The number of nitrogens with zero attached hydrogens (tertiary/aromatic N) is 1. The normalized spacial score (nSPS) is 16.2. The monoisotopic (exact) mass is 449 g/mol. The Morgan fingerprint density at radius 2 is 1.97 bits per heavy atom. The van der Waals surface area contributed by atoms with Crippen LogP contribution in [-0.2, 0) is 27.6 Å². The van der Waals surface area contributed by atoms with Crippen LogP contribution < -0.4 is 0 Å². The first kappa shape index (κ1) is 20.9. The Labute approximate surface area is 179 Å². The molecule has 2 aromatic carbocycles. The van der Waals surface area contributed by atoms with Crippen LogP contribution in [0.25, 0.3) is 10.9 Å². The van der Waals surface area contributed by atoms with Gasteiger partial charge in [-0.1, -0.05) is 30.7 Å². The van der Waals surface area contributed by atoms with Gasteiger partial charge in [0, 0.05) is 28.6 Å². The van der Waals surface area contributed by atoms with Gasteiger partial charge in [-0.3, -0.25) is 4.79 Å². The maximum absolute atomic E-state index is 14.4. The summed E-state index contributed by atoms with van der Waals surface area (Å²) in [6.45, 7) is 1.87. The average molecular weight is 450 g/mol. The lowest BCUT2D eigenvalue weighted by molar-refractivity contribution is -0.137. The molecule has 0 saturated heterocycles. The van der Waals surface area contributed by atoms with Crippen molar-refractivity contribution >= 4 is 38.3 Å². The van der Waals surface area contributed by atoms with E-state index in [2.05, 4.69) is 0 Å². The number of carboxylic acid groups (broad SMARTS) is 1. The third-order valence-electron chi connectivity index (χ3n) is 5.75. The van der Waals surface area contributed by atoms with Gasteiger partial charge in [0.15, 0.2) is 9.84 Å². The van der Waals surface area contributed by atoms with Crippen molar-refractivity contribution < 1.29 is 22.7 Å². The molecule has 0 aliphatic heterocycles. The quantitative estimate of drug-likeness (QED) is 0.587. The first-order valence-corrected chi connectivity index (χ1v) is 11.8. The number of aryl methyl sites for hydroxylation is 1. The number of carboxylic acids is 1. The van der Waals surface area contributed by atoms with E-state index in [1.807, 2.05) is 16.7 Å². The summed E-state index contributed by atoms with van der Waals surface area (Å²) in [5.41, 5.74) is 2.98. The lowest BCUT2D eigenvalue weighted by atomic mass is 10.0. The van der Waals surface area contributed by atoms with E-state index in [-0.39, 0.29) is 23.0 Å². The predicted molar refractivity (Wildman–Crippen MR) is 113 cm³/mol. The molecule has 1 heterocycles. The molecule has 0 unspecified atom stereocenters. The fourth-order valence-corrected chi connectivity index (χ4v) is 5.67. The minimum atomic E-state index is -3.70. The van der Waals surface area contributed by atoms with E-state index in [0.29, 0.717) is 35.3 Å². The molecule has 0 bridgehead atoms. The van der Waals surface area contributed by atoms with Crippen molar-refractivity contribution in [1.82, 2.24) is 4.57 Å². The van der Waals surface area contributed by atoms with Gasteiger partial charge in [0.1, 0.15) is 5.82 Å². The maximum atomic E-state index is 14.4. The predicted octanol–water partition coefficient (Wildman–Crippen LogP) is 4.78. The molecule has 1 aromatic heterocycles. The van der Waals surface area contributed by atoms with E-state index in [9.17, 15) is 22.7 Å². The molecule has 158 valence electrons. The van der Waals surface area contributed by atoms with E-state index in [1.165, 1.54) is 13.0 Å². The first-order valence-electron chi connectivity index (χ1n) is 9.74. The molecule has 0 fully saturated rings. The maximum Gasteiger partial charge on any atom is 0.304 e. The number of halogens is 2. The Morgan fingerprint density at radius 3 is 2.60 bits per heavy atom. The fraction of sp³-hybridized carbons (Fsp3) is 0.318. The van der Waals surface area contributed by atoms with E-state index in [1.54, 1.807) is 12.1 Å². The molecule has 1 aliphatic carbocycles. The van der Waals surface area contributed by atoms with Crippen molar-refractivity contribution in [3.63, 3.8) is 0 Å². The number of aromatic nitrogens is 1. The third kappa shape index (κ3) is 3.61. The van der Waals surface area contributed by atoms with Gasteiger partial charge in [-0.25, -0.2) is 12.8 Å². The Bertz CT molecular complexity index is 1250. The Morgan fingerprint density at radius 1 is 1.27 bits per heavy atom. The number of hydrogen-bond acceptors (Lipinski definition) is 3. The molecule has 1 N–H and O–H groups in total. The number of fused-ring (bicyclic) bond motifs is 3. The zero-order chi connectivity index (χ0) is 21.6. The summed E-state index contributed by atoms with van der Waals surface area (Å²) < 4.78 is 41.9.